The summed E-state index contributed by atoms with van der Waals surface area (Å²) in [4.78, 5) is 2.24. The minimum absolute atomic E-state index is 0.529. The summed E-state index contributed by atoms with van der Waals surface area (Å²) < 4.78 is 5.81. The first-order valence-corrected chi connectivity index (χ1v) is 6.84. The topological polar surface area (TPSA) is 12.5 Å². The van der Waals surface area contributed by atoms with E-state index in [1.807, 2.05) is 18.2 Å². The van der Waals surface area contributed by atoms with E-state index in [0.29, 0.717) is 12.5 Å². The monoisotopic (exact) mass is 259 g/mol. The zero-order valence-electron chi connectivity index (χ0n) is 12.1. The summed E-state index contributed by atoms with van der Waals surface area (Å²) >= 11 is 0. The number of benzene rings is 1. The molecule has 0 amide bonds. The Balaban J connectivity index is 2.45. The lowest BCUT2D eigenvalue weighted by Crippen LogP contribution is -2.28. The molecule has 0 fully saturated rings. The highest BCUT2D eigenvalue weighted by atomic mass is 16.5. The van der Waals surface area contributed by atoms with E-state index in [4.69, 9.17) is 4.74 Å². The SMILES string of the molecule is C=CCN(CC=C)CCOc1cccc(C(C)C)c1. The summed E-state index contributed by atoms with van der Waals surface area (Å²) in [6, 6.07) is 8.32. The second kappa shape index (κ2) is 8.54. The van der Waals surface area contributed by atoms with E-state index < -0.39 is 0 Å². The Morgan fingerprint density at radius 1 is 1.21 bits per heavy atom. The second-order valence-electron chi connectivity index (χ2n) is 4.91. The maximum absolute atomic E-state index is 5.81. The second-order valence-corrected chi connectivity index (χ2v) is 4.91. The smallest absolute Gasteiger partial charge is 0.119 e. The van der Waals surface area contributed by atoms with Gasteiger partial charge < -0.3 is 4.74 Å². The Morgan fingerprint density at radius 3 is 2.47 bits per heavy atom. The molecule has 0 bridgehead atoms. The van der Waals surface area contributed by atoms with E-state index in [0.717, 1.165) is 25.4 Å². The number of hydrogen-bond donors (Lipinski definition) is 0. The van der Waals surface area contributed by atoms with Gasteiger partial charge in [-0.3, -0.25) is 4.90 Å². The summed E-state index contributed by atoms with van der Waals surface area (Å²) in [5.41, 5.74) is 1.31. The fraction of sp³-hybridized carbons (Fsp3) is 0.412. The molecule has 1 rings (SSSR count). The molecule has 2 nitrogen and oxygen atoms in total. The largest absolute Gasteiger partial charge is 0.492 e. The van der Waals surface area contributed by atoms with Crippen molar-refractivity contribution in [2.24, 2.45) is 0 Å². The molecule has 104 valence electrons. The molecule has 0 aliphatic carbocycles. The standard InChI is InChI=1S/C17H25NO/c1-5-10-18(11-6-2)12-13-19-17-9-7-8-16(14-17)15(3)4/h5-9,14-15H,1-2,10-13H2,3-4H3. The fourth-order valence-electron chi connectivity index (χ4n) is 1.88. The molecule has 0 heterocycles. The average molecular weight is 259 g/mol. The third-order valence-electron chi connectivity index (χ3n) is 2.98. The third kappa shape index (κ3) is 5.75. The van der Waals surface area contributed by atoms with E-state index >= 15 is 0 Å². The Hall–Kier alpha value is -1.54. The zero-order valence-corrected chi connectivity index (χ0v) is 12.1. The van der Waals surface area contributed by atoms with Crippen LogP contribution in [0.15, 0.2) is 49.6 Å². The highest BCUT2D eigenvalue weighted by Gasteiger charge is 2.03. The first kappa shape index (κ1) is 15.5. The minimum Gasteiger partial charge on any atom is -0.492 e. The Kier molecular flexibility index (Phi) is 6.98. The molecule has 0 saturated heterocycles. The summed E-state index contributed by atoms with van der Waals surface area (Å²) in [6.45, 7) is 15.2. The molecular formula is C17H25NO. The lowest BCUT2D eigenvalue weighted by Gasteiger charge is -2.19. The van der Waals surface area contributed by atoms with Crippen molar-refractivity contribution in [3.63, 3.8) is 0 Å². The number of rotatable bonds is 9. The van der Waals surface area contributed by atoms with Crippen LogP contribution in [0.2, 0.25) is 0 Å². The Labute approximate surface area is 117 Å². The van der Waals surface area contributed by atoms with Crippen molar-refractivity contribution in [1.82, 2.24) is 4.90 Å². The van der Waals surface area contributed by atoms with Crippen LogP contribution in [-0.4, -0.2) is 31.1 Å². The van der Waals surface area contributed by atoms with Crippen LogP contribution in [0, 0.1) is 0 Å². The van der Waals surface area contributed by atoms with Gasteiger partial charge in [-0.25, -0.2) is 0 Å². The van der Waals surface area contributed by atoms with E-state index in [2.05, 4.69) is 50.1 Å². The van der Waals surface area contributed by atoms with Crippen LogP contribution in [0.1, 0.15) is 25.3 Å². The fourth-order valence-corrected chi connectivity index (χ4v) is 1.88. The third-order valence-corrected chi connectivity index (χ3v) is 2.98. The molecule has 0 aliphatic rings. The molecule has 1 aromatic rings. The van der Waals surface area contributed by atoms with Crippen LogP contribution in [-0.2, 0) is 0 Å². The van der Waals surface area contributed by atoms with Gasteiger partial charge in [0.1, 0.15) is 12.4 Å². The van der Waals surface area contributed by atoms with Crippen LogP contribution in [0.4, 0.5) is 0 Å². The summed E-state index contributed by atoms with van der Waals surface area (Å²) in [7, 11) is 0. The normalized spacial score (nSPS) is 10.7. The van der Waals surface area contributed by atoms with E-state index in [9.17, 15) is 0 Å². The Morgan fingerprint density at radius 2 is 1.89 bits per heavy atom. The van der Waals surface area contributed by atoms with Crippen molar-refractivity contribution in [2.75, 3.05) is 26.2 Å². The van der Waals surface area contributed by atoms with Gasteiger partial charge in [-0.15, -0.1) is 13.2 Å². The molecular weight excluding hydrogens is 234 g/mol. The Bertz CT molecular complexity index is 388. The van der Waals surface area contributed by atoms with E-state index in [-0.39, 0.29) is 0 Å². The van der Waals surface area contributed by atoms with Gasteiger partial charge in [-0.1, -0.05) is 38.1 Å². The average Bonchev–Trinajstić information content (AvgIpc) is 2.39. The lowest BCUT2D eigenvalue weighted by atomic mass is 10.0. The molecule has 19 heavy (non-hydrogen) atoms. The number of hydrogen-bond acceptors (Lipinski definition) is 2. The summed E-state index contributed by atoms with van der Waals surface area (Å²) in [5, 5.41) is 0. The van der Waals surface area contributed by atoms with Crippen molar-refractivity contribution < 1.29 is 4.74 Å². The predicted molar refractivity (Wildman–Crippen MR) is 82.9 cm³/mol. The molecule has 0 unspecified atom stereocenters. The minimum atomic E-state index is 0.529. The molecule has 1 aromatic carbocycles. The molecule has 0 atom stereocenters. The van der Waals surface area contributed by atoms with Crippen molar-refractivity contribution in [3.05, 3.63) is 55.1 Å². The van der Waals surface area contributed by atoms with E-state index in [1.165, 1.54) is 5.56 Å². The van der Waals surface area contributed by atoms with Crippen LogP contribution in [0.5, 0.6) is 5.75 Å². The van der Waals surface area contributed by atoms with Crippen LogP contribution >= 0.6 is 0 Å². The molecule has 0 aromatic heterocycles. The van der Waals surface area contributed by atoms with Crippen molar-refractivity contribution in [1.29, 1.82) is 0 Å². The first-order chi connectivity index (χ1) is 9.17. The molecule has 2 heteroatoms. The van der Waals surface area contributed by atoms with Crippen LogP contribution in [0.25, 0.3) is 0 Å². The molecule has 0 spiro atoms. The van der Waals surface area contributed by atoms with Gasteiger partial charge in [-0.2, -0.15) is 0 Å². The van der Waals surface area contributed by atoms with Gasteiger partial charge in [0.05, 0.1) is 0 Å². The molecule has 0 radical (unpaired) electrons. The van der Waals surface area contributed by atoms with E-state index in [1.54, 1.807) is 0 Å². The van der Waals surface area contributed by atoms with Crippen LogP contribution in [0.3, 0.4) is 0 Å². The summed E-state index contributed by atoms with van der Waals surface area (Å²) in [6.07, 6.45) is 3.81. The summed E-state index contributed by atoms with van der Waals surface area (Å²) in [5.74, 6) is 1.48. The van der Waals surface area contributed by atoms with Gasteiger partial charge in [0.25, 0.3) is 0 Å². The van der Waals surface area contributed by atoms with Gasteiger partial charge in [0.2, 0.25) is 0 Å². The van der Waals surface area contributed by atoms with Crippen molar-refractivity contribution in [2.45, 2.75) is 19.8 Å². The molecule has 0 aliphatic heterocycles. The lowest BCUT2D eigenvalue weighted by molar-refractivity contribution is 0.236. The maximum atomic E-state index is 5.81. The highest BCUT2D eigenvalue weighted by Crippen LogP contribution is 2.19. The maximum Gasteiger partial charge on any atom is 0.119 e. The van der Waals surface area contributed by atoms with Crippen molar-refractivity contribution in [3.8, 4) is 5.75 Å². The zero-order chi connectivity index (χ0) is 14.1. The van der Waals surface area contributed by atoms with Gasteiger partial charge in [-0.05, 0) is 23.6 Å². The number of ether oxygens (including phenoxy) is 1. The van der Waals surface area contributed by atoms with Gasteiger partial charge in [0.15, 0.2) is 0 Å². The van der Waals surface area contributed by atoms with Crippen molar-refractivity contribution >= 4 is 0 Å². The first-order valence-electron chi connectivity index (χ1n) is 6.84. The molecule has 0 N–H and O–H groups in total. The van der Waals surface area contributed by atoms with Gasteiger partial charge >= 0.3 is 0 Å². The molecule has 0 saturated carbocycles. The van der Waals surface area contributed by atoms with Gasteiger partial charge in [0, 0.05) is 19.6 Å². The predicted octanol–water partition coefficient (Wildman–Crippen LogP) is 3.86. The number of nitrogens with zero attached hydrogens (tertiary/aromatic N) is 1. The highest BCUT2D eigenvalue weighted by molar-refractivity contribution is 5.30. The van der Waals surface area contributed by atoms with Crippen LogP contribution < -0.4 is 4.74 Å². The quantitative estimate of drug-likeness (QED) is 0.624.